The van der Waals surface area contributed by atoms with Gasteiger partial charge in [0.2, 0.25) is 10.0 Å². The third kappa shape index (κ3) is 7.91. The molecule has 1 heterocycles. The predicted molar refractivity (Wildman–Crippen MR) is 160 cm³/mol. The lowest BCUT2D eigenvalue weighted by Gasteiger charge is -2.28. The normalized spacial score (nSPS) is 16.9. The number of aliphatic hydroxyl groups is 1. The van der Waals surface area contributed by atoms with Crippen LogP contribution < -0.4 is 19.5 Å². The number of benzene rings is 2. The number of amides is 1. The molecule has 1 aliphatic heterocycles. The van der Waals surface area contributed by atoms with Crippen LogP contribution in [0.1, 0.15) is 62.0 Å². The summed E-state index contributed by atoms with van der Waals surface area (Å²) >= 11 is 0. The van der Waals surface area contributed by atoms with Gasteiger partial charge in [0.05, 0.1) is 38.0 Å². The SMILES string of the molecule is COc1c(NC(=O)C(O)c2ccc(OCCN3CCOCC3)c3c2CCCC3)cc(C(C)(C)C)cc1NS(C)(=O)=O. The molecule has 1 unspecified atom stereocenters. The van der Waals surface area contributed by atoms with Gasteiger partial charge in [-0.15, -0.1) is 0 Å². The molecule has 2 aromatic carbocycles. The highest BCUT2D eigenvalue weighted by Crippen LogP contribution is 2.40. The number of hydrogen-bond donors (Lipinski definition) is 3. The molecule has 0 bridgehead atoms. The van der Waals surface area contributed by atoms with Crippen LogP contribution in [0.4, 0.5) is 11.4 Å². The zero-order chi connectivity index (χ0) is 29.8. The fourth-order valence-electron chi connectivity index (χ4n) is 5.36. The Morgan fingerprint density at radius 2 is 1.76 bits per heavy atom. The molecule has 0 spiro atoms. The molecular weight excluding hydrogens is 546 g/mol. The van der Waals surface area contributed by atoms with Gasteiger partial charge in [0.15, 0.2) is 11.9 Å². The number of methoxy groups -OCH3 is 1. The van der Waals surface area contributed by atoms with E-state index in [9.17, 15) is 18.3 Å². The zero-order valence-corrected chi connectivity index (χ0v) is 25.5. The average Bonchev–Trinajstić information content (AvgIpc) is 2.92. The molecule has 4 rings (SSSR count). The third-order valence-corrected chi connectivity index (χ3v) is 8.14. The molecule has 11 heteroatoms. The standard InChI is InChI=1S/C30H43N3O7S/c1-30(2,3)20-18-24(28(38-4)25(19-20)32-41(5,36)37)31-29(35)27(34)23-10-11-26(22-9-7-6-8-21(22)23)40-17-14-33-12-15-39-16-13-33/h10-11,18-19,27,32,34H,6-9,12-17H2,1-5H3,(H,31,35). The van der Waals surface area contributed by atoms with E-state index in [1.54, 1.807) is 18.2 Å². The maximum absolute atomic E-state index is 13.5. The van der Waals surface area contributed by atoms with Gasteiger partial charge in [0, 0.05) is 19.6 Å². The van der Waals surface area contributed by atoms with E-state index in [0.717, 1.165) is 87.2 Å². The summed E-state index contributed by atoms with van der Waals surface area (Å²) in [5.74, 6) is 0.337. The maximum Gasteiger partial charge on any atom is 0.257 e. The number of ether oxygens (including phenoxy) is 3. The van der Waals surface area contributed by atoms with Crippen molar-refractivity contribution in [3.8, 4) is 11.5 Å². The van der Waals surface area contributed by atoms with Crippen molar-refractivity contribution in [2.45, 2.75) is 58.0 Å². The number of rotatable bonds is 10. The Morgan fingerprint density at radius 1 is 1.10 bits per heavy atom. The Kier molecular flexibility index (Phi) is 9.84. The molecule has 1 fully saturated rings. The number of nitrogens with one attached hydrogen (secondary N) is 2. The fourth-order valence-corrected chi connectivity index (χ4v) is 5.91. The highest BCUT2D eigenvalue weighted by atomic mass is 32.2. The van der Waals surface area contributed by atoms with Gasteiger partial charge in [-0.2, -0.15) is 0 Å². The lowest BCUT2D eigenvalue weighted by atomic mass is 9.85. The largest absolute Gasteiger partial charge is 0.492 e. The lowest BCUT2D eigenvalue weighted by molar-refractivity contribution is -0.124. The molecule has 0 aromatic heterocycles. The first-order valence-corrected chi connectivity index (χ1v) is 16.0. The number of carbonyl (C=O) groups is 1. The first-order valence-electron chi connectivity index (χ1n) is 14.1. The summed E-state index contributed by atoms with van der Waals surface area (Å²) in [5, 5.41) is 14.1. The minimum absolute atomic E-state index is 0.162. The van der Waals surface area contributed by atoms with Crippen molar-refractivity contribution in [3.63, 3.8) is 0 Å². The number of fused-ring (bicyclic) bond motifs is 1. The molecule has 41 heavy (non-hydrogen) atoms. The lowest BCUT2D eigenvalue weighted by Crippen LogP contribution is -2.38. The van der Waals surface area contributed by atoms with Crippen molar-refractivity contribution in [2.24, 2.45) is 0 Å². The van der Waals surface area contributed by atoms with Crippen LogP contribution in [0.5, 0.6) is 11.5 Å². The van der Waals surface area contributed by atoms with E-state index in [4.69, 9.17) is 14.2 Å². The van der Waals surface area contributed by atoms with Crippen LogP contribution >= 0.6 is 0 Å². The summed E-state index contributed by atoms with van der Waals surface area (Å²) in [6.45, 7) is 10.6. The molecule has 0 saturated carbocycles. The number of carbonyl (C=O) groups excluding carboxylic acids is 1. The van der Waals surface area contributed by atoms with Gasteiger partial charge in [-0.05, 0) is 71.6 Å². The highest BCUT2D eigenvalue weighted by Gasteiger charge is 2.28. The van der Waals surface area contributed by atoms with E-state index in [1.807, 2.05) is 26.8 Å². The van der Waals surface area contributed by atoms with Crippen molar-refractivity contribution in [1.29, 1.82) is 0 Å². The average molecular weight is 590 g/mol. The van der Waals surface area contributed by atoms with Gasteiger partial charge in [-0.25, -0.2) is 8.42 Å². The predicted octanol–water partition coefficient (Wildman–Crippen LogP) is 3.63. The second-order valence-electron chi connectivity index (χ2n) is 11.7. The monoisotopic (exact) mass is 589 g/mol. The van der Waals surface area contributed by atoms with Crippen molar-refractivity contribution in [1.82, 2.24) is 4.90 Å². The molecule has 2 aliphatic rings. The minimum Gasteiger partial charge on any atom is -0.492 e. The molecule has 2 aromatic rings. The summed E-state index contributed by atoms with van der Waals surface area (Å²) in [4.78, 5) is 15.8. The van der Waals surface area contributed by atoms with E-state index >= 15 is 0 Å². The molecule has 226 valence electrons. The summed E-state index contributed by atoms with van der Waals surface area (Å²) < 4.78 is 43.7. The first kappa shape index (κ1) is 31.1. The van der Waals surface area contributed by atoms with Crippen molar-refractivity contribution in [2.75, 3.05) is 62.9 Å². The number of aliphatic hydroxyl groups excluding tert-OH is 1. The maximum atomic E-state index is 13.5. The molecule has 10 nitrogen and oxygen atoms in total. The van der Waals surface area contributed by atoms with Crippen LogP contribution in [0.2, 0.25) is 0 Å². The van der Waals surface area contributed by atoms with Gasteiger partial charge < -0.3 is 24.6 Å². The second-order valence-corrected chi connectivity index (χ2v) is 13.5. The molecule has 3 N–H and O–H groups in total. The zero-order valence-electron chi connectivity index (χ0n) is 24.7. The Labute approximate surface area is 243 Å². The Bertz CT molecular complexity index is 1350. The molecule has 1 aliphatic carbocycles. The van der Waals surface area contributed by atoms with Gasteiger partial charge in [0.1, 0.15) is 12.4 Å². The smallest absolute Gasteiger partial charge is 0.257 e. The van der Waals surface area contributed by atoms with Crippen LogP contribution in [-0.4, -0.2) is 77.2 Å². The van der Waals surface area contributed by atoms with Gasteiger partial charge >= 0.3 is 0 Å². The molecule has 1 saturated heterocycles. The van der Waals surface area contributed by atoms with Crippen LogP contribution in [0, 0.1) is 0 Å². The van der Waals surface area contributed by atoms with E-state index in [1.165, 1.54) is 7.11 Å². The molecule has 1 amide bonds. The number of morpholine rings is 1. The Morgan fingerprint density at radius 3 is 2.39 bits per heavy atom. The number of nitrogens with zero attached hydrogens (tertiary/aromatic N) is 1. The van der Waals surface area contributed by atoms with Crippen LogP contribution in [0.25, 0.3) is 0 Å². The van der Waals surface area contributed by atoms with E-state index in [-0.39, 0.29) is 22.5 Å². The Hall–Kier alpha value is -2.86. The number of sulfonamides is 1. The summed E-state index contributed by atoms with van der Waals surface area (Å²) in [6, 6.07) is 7.07. The number of hydrogen-bond acceptors (Lipinski definition) is 8. The molecule has 0 radical (unpaired) electrons. The van der Waals surface area contributed by atoms with Gasteiger partial charge in [0.25, 0.3) is 5.91 Å². The second kappa shape index (κ2) is 13.0. The van der Waals surface area contributed by atoms with Gasteiger partial charge in [-0.1, -0.05) is 26.8 Å². The topological polar surface area (TPSA) is 126 Å². The van der Waals surface area contributed by atoms with Gasteiger partial charge in [-0.3, -0.25) is 14.4 Å². The number of anilines is 2. The van der Waals surface area contributed by atoms with Crippen molar-refractivity contribution >= 4 is 27.3 Å². The van der Waals surface area contributed by atoms with E-state index < -0.39 is 22.0 Å². The van der Waals surface area contributed by atoms with E-state index in [0.29, 0.717) is 12.2 Å². The van der Waals surface area contributed by atoms with Crippen LogP contribution in [0.15, 0.2) is 24.3 Å². The molecule has 1 atom stereocenters. The van der Waals surface area contributed by atoms with Crippen molar-refractivity contribution in [3.05, 3.63) is 46.5 Å². The quantitative estimate of drug-likeness (QED) is 0.384. The van der Waals surface area contributed by atoms with E-state index in [2.05, 4.69) is 14.9 Å². The van der Waals surface area contributed by atoms with Crippen molar-refractivity contribution < 1.29 is 32.5 Å². The summed E-state index contributed by atoms with van der Waals surface area (Å²) in [5.41, 5.74) is 3.47. The van der Waals surface area contributed by atoms with Crippen LogP contribution in [-0.2, 0) is 37.8 Å². The highest BCUT2D eigenvalue weighted by molar-refractivity contribution is 7.92. The molecular formula is C30H43N3O7S. The third-order valence-electron chi connectivity index (χ3n) is 7.55. The van der Waals surface area contributed by atoms with Crippen LogP contribution in [0.3, 0.4) is 0 Å². The minimum atomic E-state index is -3.62. The fraction of sp³-hybridized carbons (Fsp3) is 0.567. The first-order chi connectivity index (χ1) is 19.4. The summed E-state index contributed by atoms with van der Waals surface area (Å²) in [6.07, 6.45) is 3.18. The summed E-state index contributed by atoms with van der Waals surface area (Å²) in [7, 11) is -2.21. The Balaban J connectivity index is 1.58.